The minimum Gasteiger partial charge on any atom is -0.115 e. The predicted molar refractivity (Wildman–Crippen MR) is 79.4 cm³/mol. The largest absolute Gasteiger partial charge is 0.115 e. The molecule has 0 N–H and O–H groups in total. The fourth-order valence-electron chi connectivity index (χ4n) is 0.983. The van der Waals surface area contributed by atoms with E-state index < -0.39 is 0 Å². The Kier molecular flexibility index (Phi) is 10.8. The van der Waals surface area contributed by atoms with E-state index in [1.54, 1.807) is 23.5 Å². The predicted octanol–water partition coefficient (Wildman–Crippen LogP) is 4.53. The zero-order valence-corrected chi connectivity index (χ0v) is 11.8. The van der Waals surface area contributed by atoms with Crippen LogP contribution in [0.3, 0.4) is 0 Å². The van der Waals surface area contributed by atoms with Gasteiger partial charge in [-0.2, -0.15) is 0 Å². The number of rotatable bonds is 8. The fraction of sp³-hybridized carbons (Fsp3) is 0.571. The van der Waals surface area contributed by atoms with Crippen LogP contribution in [0.5, 0.6) is 0 Å². The number of hydrogen-bond acceptors (Lipinski definition) is 2. The van der Waals surface area contributed by atoms with Gasteiger partial charge in [-0.05, 0) is 24.3 Å². The molecule has 0 saturated heterocycles. The van der Waals surface area contributed by atoms with Gasteiger partial charge in [0.25, 0.3) is 0 Å². The van der Waals surface area contributed by atoms with Gasteiger partial charge < -0.3 is 0 Å². The Balaban J connectivity index is 4.30. The fourth-order valence-corrected chi connectivity index (χ4v) is 3.16. The Bertz CT molecular complexity index is 259. The minimum absolute atomic E-state index is 0.942. The third-order valence-corrected chi connectivity index (χ3v) is 4.29. The molecule has 0 aliphatic carbocycles. The Morgan fingerprint density at radius 3 is 1.50 bits per heavy atom. The first-order chi connectivity index (χ1) is 7.79. The highest BCUT2D eigenvalue weighted by Gasteiger charge is 2.03. The van der Waals surface area contributed by atoms with Gasteiger partial charge in [-0.3, -0.25) is 0 Å². The van der Waals surface area contributed by atoms with Gasteiger partial charge in [0, 0.05) is 0 Å². The second-order valence-electron chi connectivity index (χ2n) is 3.35. The van der Waals surface area contributed by atoms with Crippen LogP contribution in [0.2, 0.25) is 0 Å². The first kappa shape index (κ1) is 15.6. The lowest BCUT2D eigenvalue weighted by Gasteiger charge is -2.04. The first-order valence-corrected chi connectivity index (χ1v) is 7.70. The minimum atomic E-state index is 0.942. The highest BCUT2D eigenvalue weighted by Crippen LogP contribution is 2.28. The summed E-state index contributed by atoms with van der Waals surface area (Å²) in [4.78, 5) is 1.88. The Morgan fingerprint density at radius 1 is 0.875 bits per heavy atom. The summed E-state index contributed by atoms with van der Waals surface area (Å²) in [7, 11) is 0. The van der Waals surface area contributed by atoms with Crippen molar-refractivity contribution in [1.82, 2.24) is 0 Å². The van der Waals surface area contributed by atoms with Crippen LogP contribution in [0.4, 0.5) is 0 Å². The SMILES string of the molecule is C#C/C(SCCCC)=C(/C#C)SCCCC. The van der Waals surface area contributed by atoms with E-state index in [0.29, 0.717) is 0 Å². The molecule has 0 fully saturated rings. The monoisotopic (exact) mass is 252 g/mol. The molecule has 2 heteroatoms. The molecule has 0 aromatic rings. The summed E-state index contributed by atoms with van der Waals surface area (Å²) in [5.74, 6) is 7.57. The summed E-state index contributed by atoms with van der Waals surface area (Å²) in [6.07, 6.45) is 15.8. The maximum atomic E-state index is 5.50. The molecule has 0 rings (SSSR count). The number of unbranched alkanes of at least 4 members (excludes halogenated alkanes) is 2. The van der Waals surface area contributed by atoms with Crippen molar-refractivity contribution in [2.24, 2.45) is 0 Å². The van der Waals surface area contributed by atoms with Gasteiger partial charge in [0.1, 0.15) is 0 Å². The van der Waals surface area contributed by atoms with Crippen LogP contribution in [0.1, 0.15) is 39.5 Å². The van der Waals surface area contributed by atoms with Crippen LogP contribution in [-0.2, 0) is 0 Å². The van der Waals surface area contributed by atoms with E-state index in [1.165, 1.54) is 25.7 Å². The number of hydrogen-bond donors (Lipinski definition) is 0. The third-order valence-electron chi connectivity index (χ3n) is 1.96. The summed E-state index contributed by atoms with van der Waals surface area (Å²) < 4.78 is 0. The summed E-state index contributed by atoms with van der Waals surface area (Å²) >= 11 is 3.43. The lowest BCUT2D eigenvalue weighted by Crippen LogP contribution is -1.86. The number of allylic oxidation sites excluding steroid dienone is 2. The molecule has 0 nitrogen and oxygen atoms in total. The number of terminal acetylenes is 2. The zero-order valence-electron chi connectivity index (χ0n) is 10.2. The lowest BCUT2D eigenvalue weighted by atomic mass is 10.4. The molecule has 0 aromatic heterocycles. The van der Waals surface area contributed by atoms with Crippen LogP contribution < -0.4 is 0 Å². The molecule has 0 saturated carbocycles. The van der Waals surface area contributed by atoms with E-state index in [0.717, 1.165) is 21.3 Å². The quantitative estimate of drug-likeness (QED) is 0.460. The molecule has 0 amide bonds. The van der Waals surface area contributed by atoms with E-state index in [-0.39, 0.29) is 0 Å². The molecule has 0 aliphatic heterocycles. The van der Waals surface area contributed by atoms with Crippen LogP contribution in [0, 0.1) is 24.7 Å². The number of thioether (sulfide) groups is 2. The molecule has 0 aliphatic rings. The molecular formula is C14H20S2. The Labute approximate surface area is 109 Å². The molecule has 0 heterocycles. The summed E-state index contributed by atoms with van der Waals surface area (Å²) in [6, 6.07) is 0. The topological polar surface area (TPSA) is 0 Å². The summed E-state index contributed by atoms with van der Waals surface area (Å²) in [5, 5.41) is 0. The average Bonchev–Trinajstić information content (AvgIpc) is 2.31. The Hall–Kier alpha value is -0.440. The maximum Gasteiger partial charge on any atom is 0.0792 e. The molecule has 0 unspecified atom stereocenters. The van der Waals surface area contributed by atoms with Crippen molar-refractivity contribution >= 4 is 23.5 Å². The highest BCUT2D eigenvalue weighted by atomic mass is 32.2. The highest BCUT2D eigenvalue weighted by molar-refractivity contribution is 8.07. The second kappa shape index (κ2) is 11.1. The van der Waals surface area contributed by atoms with Gasteiger partial charge in [0.2, 0.25) is 0 Å². The zero-order chi connectivity index (χ0) is 12.2. The van der Waals surface area contributed by atoms with E-state index in [9.17, 15) is 0 Å². The van der Waals surface area contributed by atoms with E-state index >= 15 is 0 Å². The smallest absolute Gasteiger partial charge is 0.0792 e. The van der Waals surface area contributed by atoms with E-state index in [1.807, 2.05) is 0 Å². The van der Waals surface area contributed by atoms with E-state index in [4.69, 9.17) is 12.8 Å². The molecule has 0 bridgehead atoms. The summed E-state index contributed by atoms with van der Waals surface area (Å²) in [5.41, 5.74) is 0. The van der Waals surface area contributed by atoms with Crippen molar-refractivity contribution in [1.29, 1.82) is 0 Å². The van der Waals surface area contributed by atoms with Crippen molar-refractivity contribution in [3.8, 4) is 24.7 Å². The van der Waals surface area contributed by atoms with Crippen LogP contribution in [0.25, 0.3) is 0 Å². The van der Waals surface area contributed by atoms with Crippen molar-refractivity contribution in [2.75, 3.05) is 11.5 Å². The third kappa shape index (κ3) is 6.94. The first-order valence-electron chi connectivity index (χ1n) is 5.73. The maximum absolute atomic E-state index is 5.50. The van der Waals surface area contributed by atoms with Crippen molar-refractivity contribution < 1.29 is 0 Å². The second-order valence-corrected chi connectivity index (χ2v) is 5.56. The van der Waals surface area contributed by atoms with Crippen molar-refractivity contribution in [3.05, 3.63) is 9.81 Å². The standard InChI is InChI=1S/C14H20S2/c1-5-9-11-15-13(7-3)14(8-4)16-12-10-6-2/h3-4H,5-6,9-12H2,1-2H3/b14-13+. The average molecular weight is 252 g/mol. The van der Waals surface area contributed by atoms with E-state index in [2.05, 4.69) is 25.7 Å². The molecule has 88 valence electrons. The molecule has 16 heavy (non-hydrogen) atoms. The van der Waals surface area contributed by atoms with Crippen molar-refractivity contribution in [3.63, 3.8) is 0 Å². The molecule has 0 atom stereocenters. The van der Waals surface area contributed by atoms with Gasteiger partial charge in [-0.1, -0.05) is 38.5 Å². The Morgan fingerprint density at radius 2 is 1.25 bits per heavy atom. The molecular weight excluding hydrogens is 232 g/mol. The van der Waals surface area contributed by atoms with Crippen LogP contribution >= 0.6 is 23.5 Å². The van der Waals surface area contributed by atoms with Gasteiger partial charge in [-0.25, -0.2) is 0 Å². The summed E-state index contributed by atoms with van der Waals surface area (Å²) in [6.45, 7) is 4.36. The van der Waals surface area contributed by atoms with Crippen LogP contribution in [-0.4, -0.2) is 11.5 Å². The van der Waals surface area contributed by atoms with Crippen LogP contribution in [0.15, 0.2) is 9.81 Å². The lowest BCUT2D eigenvalue weighted by molar-refractivity contribution is 0.897. The van der Waals surface area contributed by atoms with Gasteiger partial charge >= 0.3 is 0 Å². The van der Waals surface area contributed by atoms with Crippen molar-refractivity contribution in [2.45, 2.75) is 39.5 Å². The molecule has 0 aromatic carbocycles. The molecule has 0 radical (unpaired) electrons. The van der Waals surface area contributed by atoms with Gasteiger partial charge in [-0.15, -0.1) is 36.4 Å². The van der Waals surface area contributed by atoms with Gasteiger partial charge in [0.15, 0.2) is 0 Å². The molecule has 0 spiro atoms. The van der Waals surface area contributed by atoms with Gasteiger partial charge in [0.05, 0.1) is 9.81 Å². The normalized spacial score (nSPS) is 11.5.